The molecule has 5 heteroatoms. The molecule has 1 aliphatic rings. The quantitative estimate of drug-likeness (QED) is 0.641. The second-order valence-electron chi connectivity index (χ2n) is 4.88. The Hall–Kier alpha value is -1.19. The van der Waals surface area contributed by atoms with Gasteiger partial charge in [-0.05, 0) is 31.0 Å². The van der Waals surface area contributed by atoms with Gasteiger partial charge >= 0.3 is 5.63 Å². The highest BCUT2D eigenvalue weighted by molar-refractivity contribution is 6.50. The van der Waals surface area contributed by atoms with Crippen molar-refractivity contribution in [2.75, 3.05) is 6.61 Å². The Bertz CT molecular complexity index is 691. The van der Waals surface area contributed by atoms with Crippen LogP contribution >= 0.6 is 23.2 Å². The van der Waals surface area contributed by atoms with Crippen molar-refractivity contribution in [1.82, 2.24) is 0 Å². The van der Waals surface area contributed by atoms with E-state index < -0.39 is 4.33 Å². The van der Waals surface area contributed by atoms with Crippen molar-refractivity contribution in [2.45, 2.75) is 17.7 Å². The molecule has 1 atom stereocenters. The molecule has 1 heterocycles. The molecule has 19 heavy (non-hydrogen) atoms. The number of alkyl halides is 2. The summed E-state index contributed by atoms with van der Waals surface area (Å²) >= 11 is 11.9. The number of aryl methyl sites for hydroxylation is 1. The van der Waals surface area contributed by atoms with E-state index in [2.05, 4.69) is 0 Å². The molecular weight excluding hydrogens is 287 g/mol. The van der Waals surface area contributed by atoms with Crippen LogP contribution in [0.3, 0.4) is 0 Å². The second kappa shape index (κ2) is 4.43. The van der Waals surface area contributed by atoms with Crippen molar-refractivity contribution in [3.05, 3.63) is 40.2 Å². The van der Waals surface area contributed by atoms with Crippen molar-refractivity contribution >= 4 is 34.2 Å². The summed E-state index contributed by atoms with van der Waals surface area (Å²) in [4.78, 5) is 11.3. The third kappa shape index (κ3) is 2.58. The maximum atomic E-state index is 11.3. The summed E-state index contributed by atoms with van der Waals surface area (Å²) in [5.74, 6) is 0.813. The van der Waals surface area contributed by atoms with Gasteiger partial charge in [0.05, 0.1) is 6.61 Å². The molecule has 0 aliphatic heterocycles. The number of halogens is 2. The van der Waals surface area contributed by atoms with E-state index >= 15 is 0 Å². The Labute approximate surface area is 120 Å². The molecule has 0 bridgehead atoms. The van der Waals surface area contributed by atoms with E-state index in [9.17, 15) is 4.79 Å². The number of fused-ring (bicyclic) bond motifs is 1. The van der Waals surface area contributed by atoms with E-state index in [1.807, 2.05) is 19.1 Å². The van der Waals surface area contributed by atoms with Crippen molar-refractivity contribution < 1.29 is 9.15 Å². The van der Waals surface area contributed by atoms with Crippen LogP contribution in [0.5, 0.6) is 5.75 Å². The van der Waals surface area contributed by atoms with Gasteiger partial charge in [0.2, 0.25) is 0 Å². The van der Waals surface area contributed by atoms with Gasteiger partial charge in [0.25, 0.3) is 0 Å². The molecular formula is C14H12Cl2O3. The van der Waals surface area contributed by atoms with Crippen LogP contribution in [0, 0.1) is 12.8 Å². The molecule has 0 saturated heterocycles. The fourth-order valence-electron chi connectivity index (χ4n) is 2.04. The Balaban J connectivity index is 1.83. The molecule has 0 spiro atoms. The molecule has 1 fully saturated rings. The van der Waals surface area contributed by atoms with Crippen LogP contribution in [-0.2, 0) is 0 Å². The minimum absolute atomic E-state index is 0.163. The monoisotopic (exact) mass is 298 g/mol. The van der Waals surface area contributed by atoms with E-state index in [1.165, 1.54) is 6.07 Å². The standard InChI is InChI=1S/C14H12Cl2O3/c1-8-4-13(17)19-12-5-10(2-3-11(8)12)18-7-9-6-14(9,15)16/h2-5,9H,6-7H2,1H3. The van der Waals surface area contributed by atoms with Crippen LogP contribution < -0.4 is 10.4 Å². The third-order valence-electron chi connectivity index (χ3n) is 3.33. The summed E-state index contributed by atoms with van der Waals surface area (Å²) in [6.07, 6.45) is 0.748. The maximum Gasteiger partial charge on any atom is 0.336 e. The number of hydrogen-bond acceptors (Lipinski definition) is 3. The first-order chi connectivity index (χ1) is 8.95. The predicted octanol–water partition coefficient (Wildman–Crippen LogP) is 3.67. The summed E-state index contributed by atoms with van der Waals surface area (Å²) in [6, 6.07) is 6.92. The summed E-state index contributed by atoms with van der Waals surface area (Å²) in [6.45, 7) is 2.34. The highest BCUT2D eigenvalue weighted by atomic mass is 35.5. The van der Waals surface area contributed by atoms with E-state index in [0.717, 1.165) is 17.4 Å². The molecule has 0 radical (unpaired) electrons. The fourth-order valence-corrected chi connectivity index (χ4v) is 2.54. The van der Waals surface area contributed by atoms with Crippen molar-refractivity contribution in [2.24, 2.45) is 5.92 Å². The van der Waals surface area contributed by atoms with E-state index in [0.29, 0.717) is 17.9 Å². The van der Waals surface area contributed by atoms with Gasteiger partial charge in [0, 0.05) is 23.4 Å². The number of hydrogen-bond donors (Lipinski definition) is 0. The zero-order valence-corrected chi connectivity index (χ0v) is 11.8. The molecule has 2 aromatic rings. The minimum atomic E-state index is -0.639. The lowest BCUT2D eigenvalue weighted by Crippen LogP contribution is -2.04. The van der Waals surface area contributed by atoms with Gasteiger partial charge in [0.1, 0.15) is 15.7 Å². The Morgan fingerprint density at radius 2 is 2.16 bits per heavy atom. The number of benzene rings is 1. The number of ether oxygens (including phenoxy) is 1. The number of rotatable bonds is 3. The van der Waals surface area contributed by atoms with Crippen LogP contribution in [0.15, 0.2) is 33.5 Å². The first-order valence-electron chi connectivity index (χ1n) is 6.01. The lowest BCUT2D eigenvalue weighted by molar-refractivity contribution is 0.298. The van der Waals surface area contributed by atoms with Gasteiger partial charge in [-0.2, -0.15) is 0 Å². The first kappa shape index (κ1) is 12.8. The molecule has 1 unspecified atom stereocenters. The summed E-state index contributed by atoms with van der Waals surface area (Å²) in [5, 5.41) is 0.905. The lowest BCUT2D eigenvalue weighted by Gasteiger charge is -2.07. The van der Waals surface area contributed by atoms with Gasteiger partial charge in [-0.25, -0.2) is 4.79 Å². The second-order valence-corrected chi connectivity index (χ2v) is 6.42. The van der Waals surface area contributed by atoms with Crippen LogP contribution in [0.25, 0.3) is 11.0 Å². The smallest absolute Gasteiger partial charge is 0.336 e. The Kier molecular flexibility index (Phi) is 2.99. The van der Waals surface area contributed by atoms with Crippen molar-refractivity contribution in [3.63, 3.8) is 0 Å². The highest BCUT2D eigenvalue weighted by Gasteiger charge is 2.52. The fraction of sp³-hybridized carbons (Fsp3) is 0.357. The zero-order valence-electron chi connectivity index (χ0n) is 10.3. The average molecular weight is 299 g/mol. The Morgan fingerprint density at radius 3 is 2.84 bits per heavy atom. The molecule has 1 aromatic heterocycles. The summed E-state index contributed by atoms with van der Waals surface area (Å²) in [5.41, 5.74) is 1.06. The van der Waals surface area contributed by atoms with Crippen molar-refractivity contribution in [1.29, 1.82) is 0 Å². The average Bonchev–Trinajstić information content (AvgIpc) is 2.94. The highest BCUT2D eigenvalue weighted by Crippen LogP contribution is 2.53. The summed E-state index contributed by atoms with van der Waals surface area (Å²) in [7, 11) is 0. The molecule has 0 N–H and O–H groups in total. The lowest BCUT2D eigenvalue weighted by atomic mass is 10.1. The van der Waals surface area contributed by atoms with Gasteiger partial charge in [-0.1, -0.05) is 0 Å². The van der Waals surface area contributed by atoms with Crippen LogP contribution in [0.1, 0.15) is 12.0 Å². The minimum Gasteiger partial charge on any atom is -0.493 e. The van der Waals surface area contributed by atoms with Gasteiger partial charge < -0.3 is 9.15 Å². The van der Waals surface area contributed by atoms with Crippen LogP contribution in [0.2, 0.25) is 0 Å². The molecule has 3 rings (SSSR count). The molecule has 0 amide bonds. The van der Waals surface area contributed by atoms with E-state index in [1.54, 1.807) is 6.07 Å². The SMILES string of the molecule is Cc1cc(=O)oc2cc(OCC3CC3(Cl)Cl)ccc12. The first-order valence-corrected chi connectivity index (χ1v) is 6.76. The van der Waals surface area contributed by atoms with Gasteiger partial charge in [-0.3, -0.25) is 0 Å². The normalized spacial score (nSPS) is 20.5. The van der Waals surface area contributed by atoms with Crippen LogP contribution in [0.4, 0.5) is 0 Å². The molecule has 3 nitrogen and oxygen atoms in total. The zero-order chi connectivity index (χ0) is 13.6. The largest absolute Gasteiger partial charge is 0.493 e. The molecule has 1 aromatic carbocycles. The predicted molar refractivity (Wildman–Crippen MR) is 75.3 cm³/mol. The summed E-state index contributed by atoms with van der Waals surface area (Å²) < 4.78 is 10.1. The molecule has 1 saturated carbocycles. The molecule has 1 aliphatic carbocycles. The van der Waals surface area contributed by atoms with E-state index in [-0.39, 0.29) is 11.5 Å². The van der Waals surface area contributed by atoms with Gasteiger partial charge in [0.15, 0.2) is 0 Å². The third-order valence-corrected chi connectivity index (χ3v) is 4.26. The van der Waals surface area contributed by atoms with E-state index in [4.69, 9.17) is 32.4 Å². The van der Waals surface area contributed by atoms with Crippen LogP contribution in [-0.4, -0.2) is 10.9 Å². The Morgan fingerprint density at radius 1 is 1.42 bits per heavy atom. The van der Waals surface area contributed by atoms with Crippen molar-refractivity contribution in [3.8, 4) is 5.75 Å². The maximum absolute atomic E-state index is 11.3. The topological polar surface area (TPSA) is 39.4 Å². The molecule has 100 valence electrons. The van der Waals surface area contributed by atoms with Gasteiger partial charge in [-0.15, -0.1) is 23.2 Å².